The molecule has 1 aliphatic carbocycles. The first-order valence-electron chi connectivity index (χ1n) is 6.97. The van der Waals surface area contributed by atoms with Gasteiger partial charge in [-0.25, -0.2) is 0 Å². The Labute approximate surface area is 110 Å². The lowest BCUT2D eigenvalue weighted by Crippen LogP contribution is -2.19. The summed E-state index contributed by atoms with van der Waals surface area (Å²) in [7, 11) is 0. The summed E-state index contributed by atoms with van der Waals surface area (Å²) in [6.45, 7) is 7.44. The summed E-state index contributed by atoms with van der Waals surface area (Å²) < 4.78 is 1.92. The van der Waals surface area contributed by atoms with Crippen LogP contribution in [0.25, 0.3) is 0 Å². The van der Waals surface area contributed by atoms with Crippen LogP contribution in [0, 0.1) is 11.8 Å². The van der Waals surface area contributed by atoms with Crippen molar-refractivity contribution in [3.63, 3.8) is 0 Å². The molecule has 1 aromatic heterocycles. The van der Waals surface area contributed by atoms with Crippen LogP contribution in [0.3, 0.4) is 0 Å². The van der Waals surface area contributed by atoms with Crippen molar-refractivity contribution >= 4 is 0 Å². The average Bonchev–Trinajstić information content (AvgIpc) is 2.76. The Morgan fingerprint density at radius 2 is 2.33 bits per heavy atom. The molecule has 0 radical (unpaired) electrons. The number of rotatable bonds is 4. The molecule has 1 aromatic rings. The molecule has 3 heteroatoms. The number of allylic oxidation sites excluding steroid dienone is 2. The minimum atomic E-state index is -0.373. The Morgan fingerprint density at radius 3 is 3.00 bits per heavy atom. The van der Waals surface area contributed by atoms with Crippen LogP contribution >= 0.6 is 0 Å². The SMILES string of the molecule is CCCn1cc(C(O)C2CC(C)=CC(C)C2)cn1. The predicted molar refractivity (Wildman–Crippen MR) is 73.1 cm³/mol. The first-order valence-corrected chi connectivity index (χ1v) is 6.97. The van der Waals surface area contributed by atoms with Crippen molar-refractivity contribution in [2.75, 3.05) is 0 Å². The maximum absolute atomic E-state index is 10.5. The van der Waals surface area contributed by atoms with E-state index < -0.39 is 0 Å². The van der Waals surface area contributed by atoms with Crippen LogP contribution < -0.4 is 0 Å². The molecule has 1 aliphatic rings. The molecular weight excluding hydrogens is 224 g/mol. The molecule has 2 rings (SSSR count). The Morgan fingerprint density at radius 1 is 1.56 bits per heavy atom. The fourth-order valence-electron chi connectivity index (χ4n) is 2.99. The summed E-state index contributed by atoms with van der Waals surface area (Å²) in [5.74, 6) is 0.911. The molecule has 3 unspecified atom stereocenters. The minimum absolute atomic E-state index is 0.337. The van der Waals surface area contributed by atoms with Gasteiger partial charge in [-0.15, -0.1) is 0 Å². The third-order valence-corrected chi connectivity index (χ3v) is 3.72. The van der Waals surface area contributed by atoms with Crippen LogP contribution in [-0.2, 0) is 6.54 Å². The van der Waals surface area contributed by atoms with Crippen molar-refractivity contribution in [2.45, 2.75) is 52.7 Å². The molecule has 1 N–H and O–H groups in total. The van der Waals surface area contributed by atoms with Gasteiger partial charge in [0, 0.05) is 18.3 Å². The molecule has 0 aromatic carbocycles. The van der Waals surface area contributed by atoms with Crippen molar-refractivity contribution in [3.05, 3.63) is 29.6 Å². The summed E-state index contributed by atoms with van der Waals surface area (Å²) >= 11 is 0. The molecule has 3 nitrogen and oxygen atoms in total. The van der Waals surface area contributed by atoms with Gasteiger partial charge in [0.1, 0.15) is 0 Å². The first kappa shape index (κ1) is 13.3. The van der Waals surface area contributed by atoms with Gasteiger partial charge in [0.15, 0.2) is 0 Å². The summed E-state index contributed by atoms with van der Waals surface area (Å²) in [5.41, 5.74) is 2.37. The van der Waals surface area contributed by atoms with E-state index in [-0.39, 0.29) is 6.10 Å². The average molecular weight is 248 g/mol. The van der Waals surface area contributed by atoms with Gasteiger partial charge in [-0.3, -0.25) is 4.68 Å². The molecule has 0 bridgehead atoms. The molecule has 100 valence electrons. The molecule has 0 saturated heterocycles. The zero-order valence-corrected chi connectivity index (χ0v) is 11.6. The lowest BCUT2D eigenvalue weighted by Gasteiger charge is -2.28. The van der Waals surface area contributed by atoms with Crippen molar-refractivity contribution in [1.82, 2.24) is 9.78 Å². The summed E-state index contributed by atoms with van der Waals surface area (Å²) in [6.07, 6.45) is 8.90. The van der Waals surface area contributed by atoms with Gasteiger partial charge in [-0.2, -0.15) is 5.10 Å². The zero-order chi connectivity index (χ0) is 13.1. The maximum Gasteiger partial charge on any atom is 0.0851 e. The molecule has 0 saturated carbocycles. The number of hydrogen-bond donors (Lipinski definition) is 1. The second-order valence-corrected chi connectivity index (χ2v) is 5.67. The van der Waals surface area contributed by atoms with Gasteiger partial charge in [-0.1, -0.05) is 25.5 Å². The van der Waals surface area contributed by atoms with E-state index in [1.54, 1.807) is 0 Å². The number of hydrogen-bond acceptors (Lipinski definition) is 2. The Balaban J connectivity index is 2.06. The highest BCUT2D eigenvalue weighted by atomic mass is 16.3. The van der Waals surface area contributed by atoms with Crippen molar-refractivity contribution < 1.29 is 5.11 Å². The van der Waals surface area contributed by atoms with E-state index in [1.807, 2.05) is 17.1 Å². The van der Waals surface area contributed by atoms with Crippen LogP contribution in [-0.4, -0.2) is 14.9 Å². The third-order valence-electron chi connectivity index (χ3n) is 3.72. The molecular formula is C15H24N2O. The monoisotopic (exact) mass is 248 g/mol. The van der Waals surface area contributed by atoms with Gasteiger partial charge in [0.2, 0.25) is 0 Å². The normalized spacial score (nSPS) is 25.9. The van der Waals surface area contributed by atoms with Gasteiger partial charge in [-0.05, 0) is 38.0 Å². The summed E-state index contributed by atoms with van der Waals surface area (Å²) in [4.78, 5) is 0. The lowest BCUT2D eigenvalue weighted by atomic mass is 9.79. The summed E-state index contributed by atoms with van der Waals surface area (Å²) in [6, 6.07) is 0. The van der Waals surface area contributed by atoms with Crippen LogP contribution in [0.2, 0.25) is 0 Å². The minimum Gasteiger partial charge on any atom is -0.388 e. The van der Waals surface area contributed by atoms with E-state index in [1.165, 1.54) is 5.57 Å². The number of aryl methyl sites for hydroxylation is 1. The maximum atomic E-state index is 10.5. The fourth-order valence-corrected chi connectivity index (χ4v) is 2.99. The predicted octanol–water partition coefficient (Wildman–Crippen LogP) is 3.32. The van der Waals surface area contributed by atoms with Gasteiger partial charge in [0.05, 0.1) is 12.3 Å². The van der Waals surface area contributed by atoms with E-state index in [9.17, 15) is 5.11 Å². The van der Waals surface area contributed by atoms with Crippen LogP contribution in [0.4, 0.5) is 0 Å². The van der Waals surface area contributed by atoms with Gasteiger partial charge >= 0.3 is 0 Å². The molecule has 0 aliphatic heterocycles. The van der Waals surface area contributed by atoms with Gasteiger partial charge in [0.25, 0.3) is 0 Å². The number of aliphatic hydroxyl groups is 1. The zero-order valence-electron chi connectivity index (χ0n) is 11.6. The Kier molecular flexibility index (Phi) is 4.23. The number of aliphatic hydroxyl groups excluding tert-OH is 1. The first-order chi connectivity index (χ1) is 8.60. The van der Waals surface area contributed by atoms with Crippen molar-refractivity contribution in [3.8, 4) is 0 Å². The second kappa shape index (κ2) is 5.70. The topological polar surface area (TPSA) is 38.0 Å². The molecule has 0 fully saturated rings. The van der Waals surface area contributed by atoms with E-state index in [0.29, 0.717) is 11.8 Å². The van der Waals surface area contributed by atoms with Crippen molar-refractivity contribution in [1.29, 1.82) is 0 Å². The Hall–Kier alpha value is -1.09. The molecule has 3 atom stereocenters. The smallest absolute Gasteiger partial charge is 0.0851 e. The van der Waals surface area contributed by atoms with Gasteiger partial charge < -0.3 is 5.11 Å². The molecule has 0 amide bonds. The number of nitrogens with zero attached hydrogens (tertiary/aromatic N) is 2. The summed E-state index contributed by atoms with van der Waals surface area (Å²) in [5, 5.41) is 14.8. The standard InChI is InChI=1S/C15H24N2O/c1-4-5-17-10-14(9-16-17)15(18)13-7-11(2)6-12(3)8-13/h6,9-11,13,15,18H,4-5,7-8H2,1-3H3. The molecule has 0 spiro atoms. The van der Waals surface area contributed by atoms with E-state index in [4.69, 9.17) is 0 Å². The van der Waals surface area contributed by atoms with Crippen LogP contribution in [0.1, 0.15) is 51.7 Å². The van der Waals surface area contributed by atoms with Crippen LogP contribution in [0.5, 0.6) is 0 Å². The van der Waals surface area contributed by atoms with E-state index in [0.717, 1.165) is 31.4 Å². The van der Waals surface area contributed by atoms with Crippen molar-refractivity contribution in [2.24, 2.45) is 11.8 Å². The molecule has 1 heterocycles. The highest BCUT2D eigenvalue weighted by Crippen LogP contribution is 2.36. The largest absolute Gasteiger partial charge is 0.388 e. The third kappa shape index (κ3) is 3.02. The quantitative estimate of drug-likeness (QED) is 0.830. The Bertz CT molecular complexity index is 422. The fraction of sp³-hybridized carbons (Fsp3) is 0.667. The second-order valence-electron chi connectivity index (χ2n) is 5.67. The number of aromatic nitrogens is 2. The van der Waals surface area contributed by atoms with E-state index >= 15 is 0 Å². The highest BCUT2D eigenvalue weighted by molar-refractivity contribution is 5.14. The molecule has 18 heavy (non-hydrogen) atoms. The van der Waals surface area contributed by atoms with Crippen LogP contribution in [0.15, 0.2) is 24.0 Å². The highest BCUT2D eigenvalue weighted by Gasteiger charge is 2.26. The lowest BCUT2D eigenvalue weighted by molar-refractivity contribution is 0.0931. The van der Waals surface area contributed by atoms with E-state index in [2.05, 4.69) is 31.9 Å².